The van der Waals surface area contributed by atoms with E-state index in [1.807, 2.05) is 0 Å². The second-order valence-corrected chi connectivity index (χ2v) is 3.50. The third-order valence-electron chi connectivity index (χ3n) is 2.52. The van der Waals surface area contributed by atoms with Crippen LogP contribution in [0.5, 0.6) is 0 Å². The Hall–Kier alpha value is -0.0800. The van der Waals surface area contributed by atoms with E-state index in [4.69, 9.17) is 4.74 Å². The van der Waals surface area contributed by atoms with E-state index in [0.717, 1.165) is 13.2 Å². The quantitative estimate of drug-likeness (QED) is 0.698. The van der Waals surface area contributed by atoms with Crippen LogP contribution in [0.25, 0.3) is 0 Å². The molecule has 0 aromatic rings. The monoisotopic (exact) mass is 171 g/mol. The van der Waals surface area contributed by atoms with E-state index in [1.165, 1.54) is 25.7 Å². The first-order valence-corrected chi connectivity index (χ1v) is 5.21. The van der Waals surface area contributed by atoms with Crippen LogP contribution >= 0.6 is 0 Å². The van der Waals surface area contributed by atoms with Gasteiger partial charge in [0, 0.05) is 12.6 Å². The minimum atomic E-state index is 0.521. The molecular weight excluding hydrogens is 150 g/mol. The van der Waals surface area contributed by atoms with E-state index in [9.17, 15) is 0 Å². The summed E-state index contributed by atoms with van der Waals surface area (Å²) in [6.45, 7) is 6.20. The van der Waals surface area contributed by atoms with Crippen molar-refractivity contribution >= 4 is 0 Å². The summed E-state index contributed by atoms with van der Waals surface area (Å²) in [5.74, 6) is 0. The summed E-state index contributed by atoms with van der Waals surface area (Å²) in [6, 6.07) is 0.709. The molecule has 0 aromatic heterocycles. The molecule has 2 nitrogen and oxygen atoms in total. The molecule has 1 rings (SSSR count). The van der Waals surface area contributed by atoms with Crippen molar-refractivity contribution in [3.63, 3.8) is 0 Å². The van der Waals surface area contributed by atoms with Gasteiger partial charge in [0.1, 0.15) is 0 Å². The van der Waals surface area contributed by atoms with Crippen molar-refractivity contribution in [3.8, 4) is 0 Å². The van der Waals surface area contributed by atoms with Crippen LogP contribution in [0.3, 0.4) is 0 Å². The third-order valence-corrected chi connectivity index (χ3v) is 2.52. The second kappa shape index (κ2) is 5.55. The number of nitrogens with one attached hydrogen (secondary N) is 1. The molecule has 0 spiro atoms. The van der Waals surface area contributed by atoms with E-state index in [-0.39, 0.29) is 0 Å². The zero-order valence-corrected chi connectivity index (χ0v) is 8.31. The maximum Gasteiger partial charge on any atom is 0.0589 e. The average Bonchev–Trinajstić information content (AvgIpc) is 2.06. The van der Waals surface area contributed by atoms with E-state index < -0.39 is 0 Å². The van der Waals surface area contributed by atoms with Crippen molar-refractivity contribution in [2.75, 3.05) is 13.2 Å². The van der Waals surface area contributed by atoms with E-state index in [1.54, 1.807) is 0 Å². The van der Waals surface area contributed by atoms with Crippen LogP contribution in [0.4, 0.5) is 0 Å². The van der Waals surface area contributed by atoms with Crippen LogP contribution in [0.15, 0.2) is 0 Å². The number of hydrogen-bond donors (Lipinski definition) is 1. The first-order chi connectivity index (χ1) is 5.86. The Morgan fingerprint density at radius 3 is 2.83 bits per heavy atom. The Labute approximate surface area is 75.7 Å². The maximum absolute atomic E-state index is 5.62. The summed E-state index contributed by atoms with van der Waals surface area (Å²) in [7, 11) is 0. The molecule has 0 bridgehead atoms. The SMILES string of the molecule is CCNC1CCCC(OCC)C1. The molecule has 0 saturated heterocycles. The van der Waals surface area contributed by atoms with E-state index in [2.05, 4.69) is 19.2 Å². The van der Waals surface area contributed by atoms with Crippen LogP contribution in [0, 0.1) is 0 Å². The molecule has 2 unspecified atom stereocenters. The smallest absolute Gasteiger partial charge is 0.0589 e. The van der Waals surface area contributed by atoms with Crippen molar-refractivity contribution < 1.29 is 4.74 Å². The Morgan fingerprint density at radius 2 is 2.17 bits per heavy atom. The fourth-order valence-electron chi connectivity index (χ4n) is 2.01. The lowest BCUT2D eigenvalue weighted by Gasteiger charge is -2.29. The molecule has 0 radical (unpaired) electrons. The molecular formula is C10H21NO. The van der Waals surface area contributed by atoms with Crippen molar-refractivity contribution in [1.82, 2.24) is 5.32 Å². The molecule has 12 heavy (non-hydrogen) atoms. The molecule has 2 heteroatoms. The van der Waals surface area contributed by atoms with Gasteiger partial charge in [-0.1, -0.05) is 6.92 Å². The van der Waals surface area contributed by atoms with Gasteiger partial charge in [-0.05, 0) is 39.2 Å². The van der Waals surface area contributed by atoms with Crippen LogP contribution in [0.2, 0.25) is 0 Å². The predicted molar refractivity (Wildman–Crippen MR) is 51.3 cm³/mol. The standard InChI is InChI=1S/C10H21NO/c1-3-11-9-6-5-7-10(8-9)12-4-2/h9-11H,3-8H2,1-2H3. The minimum Gasteiger partial charge on any atom is -0.378 e. The second-order valence-electron chi connectivity index (χ2n) is 3.50. The summed E-state index contributed by atoms with van der Waals surface area (Å²) in [4.78, 5) is 0. The molecule has 1 aliphatic carbocycles. The molecule has 0 heterocycles. The van der Waals surface area contributed by atoms with Gasteiger partial charge in [0.25, 0.3) is 0 Å². The molecule has 0 aromatic carbocycles. The van der Waals surface area contributed by atoms with Crippen molar-refractivity contribution in [3.05, 3.63) is 0 Å². The van der Waals surface area contributed by atoms with Crippen LogP contribution in [-0.4, -0.2) is 25.3 Å². The third kappa shape index (κ3) is 3.11. The van der Waals surface area contributed by atoms with Gasteiger partial charge in [0.15, 0.2) is 0 Å². The number of ether oxygens (including phenoxy) is 1. The van der Waals surface area contributed by atoms with Gasteiger partial charge in [-0.15, -0.1) is 0 Å². The summed E-state index contributed by atoms with van der Waals surface area (Å²) in [5, 5.41) is 3.49. The lowest BCUT2D eigenvalue weighted by molar-refractivity contribution is 0.0276. The topological polar surface area (TPSA) is 21.3 Å². The zero-order chi connectivity index (χ0) is 8.81. The summed E-state index contributed by atoms with van der Waals surface area (Å²) < 4.78 is 5.62. The highest BCUT2D eigenvalue weighted by atomic mass is 16.5. The Balaban J connectivity index is 2.20. The van der Waals surface area contributed by atoms with Crippen molar-refractivity contribution in [1.29, 1.82) is 0 Å². The van der Waals surface area contributed by atoms with Gasteiger partial charge in [0.2, 0.25) is 0 Å². The highest BCUT2D eigenvalue weighted by Gasteiger charge is 2.20. The molecule has 1 saturated carbocycles. The Morgan fingerprint density at radius 1 is 1.33 bits per heavy atom. The molecule has 0 amide bonds. The lowest BCUT2D eigenvalue weighted by Crippen LogP contribution is -2.36. The predicted octanol–water partition coefficient (Wildman–Crippen LogP) is 1.94. The van der Waals surface area contributed by atoms with Gasteiger partial charge in [0.05, 0.1) is 6.10 Å². The Bertz CT molecular complexity index is 100. The minimum absolute atomic E-state index is 0.521. The highest BCUT2D eigenvalue weighted by molar-refractivity contribution is 4.77. The molecule has 1 fully saturated rings. The molecule has 72 valence electrons. The van der Waals surface area contributed by atoms with Crippen LogP contribution in [0.1, 0.15) is 39.5 Å². The lowest BCUT2D eigenvalue weighted by atomic mass is 9.93. The van der Waals surface area contributed by atoms with Crippen molar-refractivity contribution in [2.45, 2.75) is 51.7 Å². The normalized spacial score (nSPS) is 30.5. The average molecular weight is 171 g/mol. The molecule has 1 N–H and O–H groups in total. The number of hydrogen-bond acceptors (Lipinski definition) is 2. The first kappa shape index (κ1) is 10.0. The fourth-order valence-corrected chi connectivity index (χ4v) is 2.01. The first-order valence-electron chi connectivity index (χ1n) is 5.21. The highest BCUT2D eigenvalue weighted by Crippen LogP contribution is 2.20. The molecule has 2 atom stereocenters. The van der Waals surface area contributed by atoms with E-state index in [0.29, 0.717) is 12.1 Å². The van der Waals surface area contributed by atoms with Gasteiger partial charge < -0.3 is 10.1 Å². The van der Waals surface area contributed by atoms with Gasteiger partial charge in [-0.25, -0.2) is 0 Å². The van der Waals surface area contributed by atoms with Gasteiger partial charge in [-0.3, -0.25) is 0 Å². The van der Waals surface area contributed by atoms with Crippen LogP contribution in [-0.2, 0) is 4.74 Å². The fraction of sp³-hybridized carbons (Fsp3) is 1.00. The summed E-state index contributed by atoms with van der Waals surface area (Å²) in [6.07, 6.45) is 5.64. The van der Waals surface area contributed by atoms with Gasteiger partial charge >= 0.3 is 0 Å². The van der Waals surface area contributed by atoms with Crippen molar-refractivity contribution in [2.24, 2.45) is 0 Å². The zero-order valence-electron chi connectivity index (χ0n) is 8.31. The Kier molecular flexibility index (Phi) is 4.62. The molecule has 0 aliphatic heterocycles. The summed E-state index contributed by atoms with van der Waals surface area (Å²) >= 11 is 0. The largest absolute Gasteiger partial charge is 0.378 e. The number of rotatable bonds is 4. The van der Waals surface area contributed by atoms with Crippen LogP contribution < -0.4 is 5.32 Å². The van der Waals surface area contributed by atoms with Gasteiger partial charge in [-0.2, -0.15) is 0 Å². The van der Waals surface area contributed by atoms with E-state index >= 15 is 0 Å². The summed E-state index contributed by atoms with van der Waals surface area (Å²) in [5.41, 5.74) is 0. The maximum atomic E-state index is 5.62. The molecule has 1 aliphatic rings.